The number of halogens is 1. The van der Waals surface area contributed by atoms with Gasteiger partial charge in [-0.1, -0.05) is 29.5 Å². The normalized spacial score (nSPS) is 10.8. The summed E-state index contributed by atoms with van der Waals surface area (Å²) in [4.78, 5) is 20.9. The quantitative estimate of drug-likeness (QED) is 0.613. The summed E-state index contributed by atoms with van der Waals surface area (Å²) in [6.07, 6.45) is 2.98. The van der Waals surface area contributed by atoms with Crippen LogP contribution >= 0.6 is 0 Å². The molecular formula is C18H13FN6O. The van der Waals surface area contributed by atoms with Crippen LogP contribution in [-0.2, 0) is 6.54 Å². The van der Waals surface area contributed by atoms with Gasteiger partial charge in [0, 0.05) is 0 Å². The largest absolute Gasteiger partial charge is 0.304 e. The number of hydrogen-bond donors (Lipinski definition) is 1. The lowest BCUT2D eigenvalue weighted by atomic mass is 10.2. The van der Waals surface area contributed by atoms with Crippen molar-refractivity contribution in [1.29, 1.82) is 0 Å². The van der Waals surface area contributed by atoms with Gasteiger partial charge in [0.1, 0.15) is 5.82 Å². The fourth-order valence-corrected chi connectivity index (χ4v) is 2.50. The Labute approximate surface area is 147 Å². The van der Waals surface area contributed by atoms with Gasteiger partial charge in [-0.15, -0.1) is 5.10 Å². The van der Waals surface area contributed by atoms with Gasteiger partial charge in [-0.25, -0.2) is 14.1 Å². The van der Waals surface area contributed by atoms with Gasteiger partial charge >= 0.3 is 0 Å². The van der Waals surface area contributed by atoms with Gasteiger partial charge in [0.15, 0.2) is 11.5 Å². The molecule has 4 rings (SSSR count). The molecule has 7 nitrogen and oxygen atoms in total. The van der Waals surface area contributed by atoms with Crippen molar-refractivity contribution in [3.8, 4) is 0 Å². The second kappa shape index (κ2) is 6.67. The van der Waals surface area contributed by atoms with Crippen LogP contribution < -0.4 is 5.32 Å². The molecule has 2 aromatic heterocycles. The molecule has 8 heteroatoms. The number of carbonyl (C=O) groups excluding carboxylic acids is 1. The molecular weight excluding hydrogens is 335 g/mol. The van der Waals surface area contributed by atoms with E-state index in [0.717, 1.165) is 11.1 Å². The summed E-state index contributed by atoms with van der Waals surface area (Å²) < 4.78 is 14.7. The molecule has 0 atom stereocenters. The molecule has 1 amide bonds. The minimum absolute atomic E-state index is 0.136. The minimum atomic E-state index is -0.444. The highest BCUT2D eigenvalue weighted by Crippen LogP contribution is 2.12. The lowest BCUT2D eigenvalue weighted by molar-refractivity contribution is 0.102. The molecule has 128 valence electrons. The molecule has 4 aromatic rings. The zero-order chi connectivity index (χ0) is 17.9. The van der Waals surface area contributed by atoms with Crippen LogP contribution in [-0.4, -0.2) is 30.9 Å². The Bertz CT molecular complexity index is 1090. The van der Waals surface area contributed by atoms with Gasteiger partial charge in [-0.3, -0.25) is 9.78 Å². The third kappa shape index (κ3) is 3.39. The average molecular weight is 348 g/mol. The third-order valence-corrected chi connectivity index (χ3v) is 3.70. The van der Waals surface area contributed by atoms with E-state index in [9.17, 15) is 9.18 Å². The Morgan fingerprint density at radius 1 is 1.12 bits per heavy atom. The van der Waals surface area contributed by atoms with E-state index in [1.54, 1.807) is 12.1 Å². The lowest BCUT2D eigenvalue weighted by Crippen LogP contribution is -2.13. The molecule has 0 aliphatic rings. The van der Waals surface area contributed by atoms with Gasteiger partial charge in [0.05, 0.1) is 30.0 Å². The molecule has 0 bridgehead atoms. The zero-order valence-corrected chi connectivity index (χ0v) is 13.5. The van der Waals surface area contributed by atoms with E-state index < -0.39 is 5.91 Å². The number of benzene rings is 2. The summed E-state index contributed by atoms with van der Waals surface area (Å²) in [5.74, 6) is -0.441. The Morgan fingerprint density at radius 3 is 2.81 bits per heavy atom. The van der Waals surface area contributed by atoms with Crippen LogP contribution in [0.1, 0.15) is 16.1 Å². The Kier molecular flexibility index (Phi) is 4.06. The first kappa shape index (κ1) is 15.8. The molecule has 0 aliphatic carbocycles. The first-order valence-corrected chi connectivity index (χ1v) is 7.85. The molecule has 1 N–H and O–H groups in total. The van der Waals surface area contributed by atoms with Crippen molar-refractivity contribution in [2.75, 3.05) is 5.32 Å². The molecule has 0 saturated heterocycles. The van der Waals surface area contributed by atoms with E-state index >= 15 is 0 Å². The first-order valence-electron chi connectivity index (χ1n) is 7.85. The van der Waals surface area contributed by atoms with Crippen LogP contribution in [0.2, 0.25) is 0 Å². The number of nitrogens with one attached hydrogen (secondary N) is 1. The van der Waals surface area contributed by atoms with Gasteiger partial charge in [0.25, 0.3) is 5.91 Å². The van der Waals surface area contributed by atoms with Crippen LogP contribution in [0.3, 0.4) is 0 Å². The zero-order valence-electron chi connectivity index (χ0n) is 13.5. The van der Waals surface area contributed by atoms with Crippen molar-refractivity contribution in [3.05, 3.63) is 78.0 Å². The third-order valence-electron chi connectivity index (χ3n) is 3.70. The number of hydrogen-bond acceptors (Lipinski definition) is 5. The van der Waals surface area contributed by atoms with E-state index in [1.165, 1.54) is 29.2 Å². The number of rotatable bonds is 4. The summed E-state index contributed by atoms with van der Waals surface area (Å²) in [7, 11) is 0. The number of amides is 1. The Hall–Kier alpha value is -3.68. The maximum Gasteiger partial charge on any atom is 0.279 e. The van der Waals surface area contributed by atoms with Crippen LogP contribution in [0, 0.1) is 5.82 Å². The van der Waals surface area contributed by atoms with E-state index in [2.05, 4.69) is 25.6 Å². The second-order valence-corrected chi connectivity index (χ2v) is 5.63. The highest BCUT2D eigenvalue weighted by Gasteiger charge is 2.12. The fraction of sp³-hybridized carbons (Fsp3) is 0.0556. The van der Waals surface area contributed by atoms with Crippen LogP contribution in [0.15, 0.2) is 60.9 Å². The van der Waals surface area contributed by atoms with Gasteiger partial charge in [-0.2, -0.15) is 0 Å². The first-order chi connectivity index (χ1) is 12.7. The van der Waals surface area contributed by atoms with Crippen molar-refractivity contribution in [2.24, 2.45) is 0 Å². The van der Waals surface area contributed by atoms with Crippen molar-refractivity contribution < 1.29 is 9.18 Å². The average Bonchev–Trinajstić information content (AvgIpc) is 3.10. The summed E-state index contributed by atoms with van der Waals surface area (Å²) in [5, 5.41) is 10.4. The Balaban J connectivity index is 1.48. The highest BCUT2D eigenvalue weighted by molar-refractivity contribution is 6.02. The summed E-state index contributed by atoms with van der Waals surface area (Å²) in [6.45, 7) is 0.313. The molecule has 0 spiro atoms. The van der Waals surface area contributed by atoms with Crippen molar-refractivity contribution in [3.63, 3.8) is 0 Å². The molecule has 2 heterocycles. The van der Waals surface area contributed by atoms with E-state index in [-0.39, 0.29) is 11.5 Å². The monoisotopic (exact) mass is 348 g/mol. The van der Waals surface area contributed by atoms with E-state index in [4.69, 9.17) is 0 Å². The second-order valence-electron chi connectivity index (χ2n) is 5.63. The minimum Gasteiger partial charge on any atom is -0.304 e. The van der Waals surface area contributed by atoms with Crippen molar-refractivity contribution >= 4 is 22.8 Å². The summed E-state index contributed by atoms with van der Waals surface area (Å²) in [6, 6.07) is 13.5. The molecule has 2 aromatic carbocycles. The predicted molar refractivity (Wildman–Crippen MR) is 93.0 cm³/mol. The standard InChI is InChI=1S/C18H13FN6O/c19-13-5-3-4-12(8-13)10-25-11-16(23-24-25)18(26)22-17-9-20-14-6-1-2-7-15(14)21-17/h1-9,11H,10H2,(H,21,22,26). The molecule has 26 heavy (non-hydrogen) atoms. The van der Waals surface area contributed by atoms with Crippen LogP contribution in [0.4, 0.5) is 10.2 Å². The van der Waals surface area contributed by atoms with Crippen LogP contribution in [0.5, 0.6) is 0 Å². The topological polar surface area (TPSA) is 85.6 Å². The maximum atomic E-state index is 13.2. The van der Waals surface area contributed by atoms with Gasteiger partial charge < -0.3 is 5.32 Å². The Morgan fingerprint density at radius 2 is 1.96 bits per heavy atom. The highest BCUT2D eigenvalue weighted by atomic mass is 19.1. The molecule has 0 fully saturated rings. The van der Waals surface area contributed by atoms with E-state index in [0.29, 0.717) is 17.9 Å². The predicted octanol–water partition coefficient (Wildman–Crippen LogP) is 2.66. The van der Waals surface area contributed by atoms with E-state index in [1.807, 2.05) is 24.3 Å². The van der Waals surface area contributed by atoms with Crippen LogP contribution in [0.25, 0.3) is 11.0 Å². The number of para-hydroxylation sites is 2. The van der Waals surface area contributed by atoms with Gasteiger partial charge in [0.2, 0.25) is 0 Å². The number of anilines is 1. The number of carbonyl (C=O) groups is 1. The fourth-order valence-electron chi connectivity index (χ4n) is 2.50. The molecule has 0 radical (unpaired) electrons. The van der Waals surface area contributed by atoms with Crippen molar-refractivity contribution in [1.82, 2.24) is 25.0 Å². The lowest BCUT2D eigenvalue weighted by Gasteiger charge is -2.03. The molecule has 0 aliphatic heterocycles. The van der Waals surface area contributed by atoms with Crippen molar-refractivity contribution in [2.45, 2.75) is 6.54 Å². The number of fused-ring (bicyclic) bond motifs is 1. The number of aromatic nitrogens is 5. The molecule has 0 unspecified atom stereocenters. The number of nitrogens with zero attached hydrogens (tertiary/aromatic N) is 5. The summed E-state index contributed by atoms with van der Waals surface area (Å²) >= 11 is 0. The molecule has 0 saturated carbocycles. The SMILES string of the molecule is O=C(Nc1cnc2ccccc2n1)c1cn(Cc2cccc(F)c2)nn1. The smallest absolute Gasteiger partial charge is 0.279 e. The summed E-state index contributed by atoms with van der Waals surface area (Å²) in [5.41, 5.74) is 2.28. The maximum absolute atomic E-state index is 13.2. The van der Waals surface area contributed by atoms with Gasteiger partial charge in [-0.05, 0) is 29.8 Å².